The van der Waals surface area contributed by atoms with Gasteiger partial charge in [-0.05, 0) is 37.5 Å². The Morgan fingerprint density at radius 2 is 2.21 bits per heavy atom. The molecule has 0 unspecified atom stereocenters. The summed E-state index contributed by atoms with van der Waals surface area (Å²) in [7, 11) is 1.80. The number of fused-ring (bicyclic) bond motifs is 1. The van der Waals surface area contributed by atoms with Gasteiger partial charge in [0.1, 0.15) is 5.69 Å². The van der Waals surface area contributed by atoms with Crippen LogP contribution in [-0.4, -0.2) is 15.6 Å². The summed E-state index contributed by atoms with van der Waals surface area (Å²) in [4.78, 5) is 10.9. The van der Waals surface area contributed by atoms with E-state index in [0.29, 0.717) is 5.69 Å². The van der Waals surface area contributed by atoms with E-state index in [2.05, 4.69) is 13.0 Å². The first-order chi connectivity index (χ1) is 6.59. The lowest BCUT2D eigenvalue weighted by atomic mass is 9.98. The highest BCUT2D eigenvalue weighted by Gasteiger charge is 2.18. The van der Waals surface area contributed by atoms with Crippen LogP contribution in [0.5, 0.6) is 0 Å². The third-order valence-corrected chi connectivity index (χ3v) is 2.75. The van der Waals surface area contributed by atoms with E-state index in [-0.39, 0.29) is 0 Å². The number of hydrogen-bond donors (Lipinski definition) is 1. The van der Waals surface area contributed by atoms with E-state index < -0.39 is 5.97 Å². The molecule has 0 spiro atoms. The van der Waals surface area contributed by atoms with Crippen LogP contribution in [0.15, 0.2) is 11.6 Å². The smallest absolute Gasteiger partial charge is 0.352 e. The summed E-state index contributed by atoms with van der Waals surface area (Å²) in [5.41, 5.74) is 3.89. The van der Waals surface area contributed by atoms with Crippen molar-refractivity contribution in [2.24, 2.45) is 7.05 Å². The van der Waals surface area contributed by atoms with Gasteiger partial charge < -0.3 is 9.67 Å². The van der Waals surface area contributed by atoms with Gasteiger partial charge in [-0.15, -0.1) is 0 Å². The van der Waals surface area contributed by atoms with Crippen molar-refractivity contribution in [3.63, 3.8) is 0 Å². The summed E-state index contributed by atoms with van der Waals surface area (Å²) in [6.07, 6.45) is 4.07. The van der Waals surface area contributed by atoms with Gasteiger partial charge >= 0.3 is 5.97 Å². The molecule has 3 heteroatoms. The summed E-state index contributed by atoms with van der Waals surface area (Å²) in [5.74, 6) is -0.854. The predicted molar refractivity (Wildman–Crippen MR) is 54.3 cm³/mol. The number of carbonyl (C=O) groups is 1. The lowest BCUT2D eigenvalue weighted by Gasteiger charge is -2.11. The molecule has 2 rings (SSSR count). The first-order valence-electron chi connectivity index (χ1n) is 4.68. The molecule has 1 aliphatic rings. The van der Waals surface area contributed by atoms with Crippen LogP contribution in [0.4, 0.5) is 0 Å². The van der Waals surface area contributed by atoms with E-state index in [1.807, 2.05) is 0 Å². The molecule has 1 N–H and O–H groups in total. The van der Waals surface area contributed by atoms with E-state index in [4.69, 9.17) is 5.11 Å². The normalized spacial score (nSPS) is 14.9. The Morgan fingerprint density at radius 3 is 2.86 bits per heavy atom. The second-order valence-electron chi connectivity index (χ2n) is 3.79. The molecule has 3 nitrogen and oxygen atoms in total. The molecule has 14 heavy (non-hydrogen) atoms. The van der Waals surface area contributed by atoms with E-state index in [1.54, 1.807) is 17.7 Å². The molecule has 1 heterocycles. The fourth-order valence-electron chi connectivity index (χ4n) is 1.91. The van der Waals surface area contributed by atoms with Crippen molar-refractivity contribution < 1.29 is 9.90 Å². The number of nitrogens with zero attached hydrogens (tertiary/aromatic N) is 1. The molecule has 0 fully saturated rings. The van der Waals surface area contributed by atoms with Gasteiger partial charge in [-0.1, -0.05) is 5.57 Å². The third-order valence-electron chi connectivity index (χ3n) is 2.75. The van der Waals surface area contributed by atoms with Gasteiger partial charge in [0.15, 0.2) is 0 Å². The molecular formula is C11H13NO2. The number of allylic oxidation sites excluding steroid dienone is 1. The maximum atomic E-state index is 10.9. The van der Waals surface area contributed by atoms with Crippen molar-refractivity contribution in [1.29, 1.82) is 0 Å². The summed E-state index contributed by atoms with van der Waals surface area (Å²) in [6.45, 7) is 2.08. The van der Waals surface area contributed by atoms with Crippen LogP contribution in [0.1, 0.15) is 35.1 Å². The second kappa shape index (κ2) is 3.01. The van der Waals surface area contributed by atoms with Crippen molar-refractivity contribution >= 4 is 12.0 Å². The Morgan fingerprint density at radius 1 is 1.50 bits per heavy atom. The van der Waals surface area contributed by atoms with Gasteiger partial charge in [-0.25, -0.2) is 4.79 Å². The zero-order chi connectivity index (χ0) is 10.3. The van der Waals surface area contributed by atoms with Gasteiger partial charge in [0.05, 0.1) is 0 Å². The highest BCUT2D eigenvalue weighted by atomic mass is 16.4. The fraction of sp³-hybridized carbons (Fsp3) is 0.364. The number of aryl methyl sites for hydroxylation is 1. The highest BCUT2D eigenvalue weighted by molar-refractivity contribution is 5.87. The molecule has 74 valence electrons. The molecule has 0 amide bonds. The van der Waals surface area contributed by atoms with Crippen molar-refractivity contribution in [2.75, 3.05) is 0 Å². The highest BCUT2D eigenvalue weighted by Crippen LogP contribution is 2.26. The Bertz CT molecular complexity index is 427. The van der Waals surface area contributed by atoms with Crippen LogP contribution in [-0.2, 0) is 13.5 Å². The fourth-order valence-corrected chi connectivity index (χ4v) is 1.91. The lowest BCUT2D eigenvalue weighted by molar-refractivity contribution is 0.0686. The largest absolute Gasteiger partial charge is 0.477 e. The quantitative estimate of drug-likeness (QED) is 0.738. The second-order valence-corrected chi connectivity index (χ2v) is 3.79. The zero-order valence-electron chi connectivity index (χ0n) is 8.37. The SMILES string of the molecule is CC1=Cc2c(cc(C(=O)O)n2C)CC1. The first kappa shape index (κ1) is 9.06. The Hall–Kier alpha value is -1.51. The molecule has 1 aromatic rings. The Labute approximate surface area is 82.7 Å². The van der Waals surface area contributed by atoms with E-state index in [9.17, 15) is 4.79 Å². The summed E-state index contributed by atoms with van der Waals surface area (Å²) < 4.78 is 1.75. The first-order valence-corrected chi connectivity index (χ1v) is 4.68. The minimum absolute atomic E-state index is 0.376. The average molecular weight is 191 g/mol. The zero-order valence-corrected chi connectivity index (χ0v) is 8.37. The van der Waals surface area contributed by atoms with E-state index in [0.717, 1.165) is 24.1 Å². The maximum absolute atomic E-state index is 10.9. The predicted octanol–water partition coefficient (Wildman–Crippen LogP) is 2.07. The van der Waals surface area contributed by atoms with Gasteiger partial charge in [0.25, 0.3) is 0 Å². The van der Waals surface area contributed by atoms with E-state index in [1.165, 1.54) is 5.57 Å². The lowest BCUT2D eigenvalue weighted by Crippen LogP contribution is -2.06. The van der Waals surface area contributed by atoms with Crippen molar-refractivity contribution in [1.82, 2.24) is 4.57 Å². The van der Waals surface area contributed by atoms with E-state index >= 15 is 0 Å². The van der Waals surface area contributed by atoms with Crippen LogP contribution in [0.3, 0.4) is 0 Å². The molecule has 1 aliphatic carbocycles. The number of aromatic nitrogens is 1. The van der Waals surface area contributed by atoms with Gasteiger partial charge in [-0.2, -0.15) is 0 Å². The number of rotatable bonds is 1. The molecule has 0 radical (unpaired) electrons. The Kier molecular flexibility index (Phi) is 1.95. The van der Waals surface area contributed by atoms with Crippen LogP contribution in [0.2, 0.25) is 0 Å². The molecule has 0 aromatic carbocycles. The van der Waals surface area contributed by atoms with Gasteiger partial charge in [0.2, 0.25) is 0 Å². The van der Waals surface area contributed by atoms with Crippen molar-refractivity contribution in [3.8, 4) is 0 Å². The van der Waals surface area contributed by atoms with Crippen LogP contribution < -0.4 is 0 Å². The average Bonchev–Trinajstić information content (AvgIpc) is 2.44. The molecule has 0 bridgehead atoms. The number of carboxylic acids is 1. The third kappa shape index (κ3) is 1.25. The number of carboxylic acid groups (broad SMARTS) is 1. The molecule has 1 aromatic heterocycles. The van der Waals surface area contributed by atoms with Crippen LogP contribution in [0.25, 0.3) is 6.08 Å². The Balaban J connectivity index is 2.58. The monoisotopic (exact) mass is 191 g/mol. The van der Waals surface area contributed by atoms with Crippen molar-refractivity contribution in [2.45, 2.75) is 19.8 Å². The summed E-state index contributed by atoms with van der Waals surface area (Å²) in [5, 5.41) is 8.94. The minimum Gasteiger partial charge on any atom is -0.477 e. The number of hydrogen-bond acceptors (Lipinski definition) is 1. The molecular weight excluding hydrogens is 178 g/mol. The molecule has 0 aliphatic heterocycles. The van der Waals surface area contributed by atoms with Gasteiger partial charge in [-0.3, -0.25) is 0 Å². The standard InChI is InChI=1S/C11H13NO2/c1-7-3-4-8-6-10(11(13)14)12(2)9(8)5-7/h5-6H,3-4H2,1-2H3,(H,13,14). The topological polar surface area (TPSA) is 42.2 Å². The number of aromatic carboxylic acids is 1. The van der Waals surface area contributed by atoms with Crippen LogP contribution in [0, 0.1) is 0 Å². The molecule has 0 saturated carbocycles. The molecule has 0 saturated heterocycles. The maximum Gasteiger partial charge on any atom is 0.352 e. The summed E-state index contributed by atoms with van der Waals surface area (Å²) >= 11 is 0. The minimum atomic E-state index is -0.854. The van der Waals surface area contributed by atoms with Crippen molar-refractivity contribution in [3.05, 3.63) is 28.6 Å². The molecule has 0 atom stereocenters. The van der Waals surface area contributed by atoms with Gasteiger partial charge in [0, 0.05) is 12.7 Å². The summed E-state index contributed by atoms with van der Waals surface area (Å²) in [6, 6.07) is 1.78. The van der Waals surface area contributed by atoms with Crippen LogP contribution >= 0.6 is 0 Å².